The molecular weight excluding hydrogens is 243 g/mol. The molecule has 2 rings (SSSR count). The van der Waals surface area contributed by atoms with E-state index in [0.29, 0.717) is 6.61 Å². The van der Waals surface area contributed by atoms with Crippen molar-refractivity contribution in [1.82, 2.24) is 0 Å². The number of hydrogen-bond donors (Lipinski definition) is 0. The third kappa shape index (κ3) is 6.06. The van der Waals surface area contributed by atoms with Crippen LogP contribution in [0.25, 0.3) is 0 Å². The third-order valence-corrected chi connectivity index (χ3v) is 2.56. The van der Waals surface area contributed by atoms with Gasteiger partial charge in [-0.15, -0.1) is 0 Å². The van der Waals surface area contributed by atoms with Crippen molar-refractivity contribution in [2.75, 3.05) is 20.3 Å². The van der Waals surface area contributed by atoms with E-state index in [1.807, 2.05) is 13.8 Å². The zero-order chi connectivity index (χ0) is 14.7. The number of halogens is 1. The fourth-order valence-corrected chi connectivity index (χ4v) is 1.80. The van der Waals surface area contributed by atoms with Crippen LogP contribution in [0.3, 0.4) is 0 Å². The summed E-state index contributed by atoms with van der Waals surface area (Å²) in [7, 11) is 1.60. The van der Waals surface area contributed by atoms with Crippen LogP contribution in [0.5, 0.6) is 5.75 Å². The Bertz CT molecular complexity index is 334. The van der Waals surface area contributed by atoms with Gasteiger partial charge in [-0.2, -0.15) is 0 Å². The van der Waals surface area contributed by atoms with Crippen LogP contribution in [0, 0.1) is 5.82 Å². The van der Waals surface area contributed by atoms with Gasteiger partial charge in [-0.1, -0.05) is 34.1 Å². The molecule has 110 valence electrons. The molecule has 3 heteroatoms. The number of rotatable bonds is 2. The van der Waals surface area contributed by atoms with Crippen LogP contribution >= 0.6 is 0 Å². The van der Waals surface area contributed by atoms with E-state index < -0.39 is 0 Å². The Morgan fingerprint density at radius 1 is 1.32 bits per heavy atom. The van der Waals surface area contributed by atoms with E-state index >= 15 is 0 Å². The van der Waals surface area contributed by atoms with Crippen molar-refractivity contribution >= 4 is 0 Å². The fourth-order valence-electron chi connectivity index (χ4n) is 1.80. The lowest BCUT2D eigenvalue weighted by atomic mass is 9.97. The molecule has 1 fully saturated rings. The van der Waals surface area contributed by atoms with Crippen LogP contribution < -0.4 is 4.74 Å². The van der Waals surface area contributed by atoms with Crippen molar-refractivity contribution in [1.29, 1.82) is 0 Å². The maximum Gasteiger partial charge on any atom is 0.123 e. The first-order valence-electron chi connectivity index (χ1n) is 7.14. The zero-order valence-electron chi connectivity index (χ0n) is 12.8. The highest BCUT2D eigenvalue weighted by Gasteiger charge is 2.21. The lowest BCUT2D eigenvalue weighted by Crippen LogP contribution is -2.01. The molecule has 0 N–H and O–H groups in total. The van der Waals surface area contributed by atoms with E-state index in [-0.39, 0.29) is 11.7 Å². The van der Waals surface area contributed by atoms with E-state index in [0.717, 1.165) is 24.3 Å². The Morgan fingerprint density at radius 3 is 2.42 bits per heavy atom. The molecule has 19 heavy (non-hydrogen) atoms. The summed E-state index contributed by atoms with van der Waals surface area (Å²) in [5, 5.41) is 0. The summed E-state index contributed by atoms with van der Waals surface area (Å²) in [6.45, 7) is 9.67. The summed E-state index contributed by atoms with van der Waals surface area (Å²) in [4.78, 5) is 0. The molecule has 1 aliphatic heterocycles. The summed E-state index contributed by atoms with van der Waals surface area (Å²) in [6.07, 6.45) is 2.19. The molecule has 0 aromatic heterocycles. The average Bonchev–Trinajstić information content (AvgIpc) is 2.96. The van der Waals surface area contributed by atoms with Crippen LogP contribution in [0.1, 0.15) is 52.0 Å². The number of benzene rings is 1. The number of methoxy groups -OCH3 is 1. The van der Waals surface area contributed by atoms with Gasteiger partial charge in [0.1, 0.15) is 11.6 Å². The van der Waals surface area contributed by atoms with Gasteiger partial charge in [0, 0.05) is 18.1 Å². The molecule has 0 radical (unpaired) electrons. The van der Waals surface area contributed by atoms with Crippen LogP contribution in [-0.4, -0.2) is 20.3 Å². The molecule has 0 spiro atoms. The minimum Gasteiger partial charge on any atom is -0.496 e. The normalized spacial score (nSPS) is 16.8. The standard InChI is InChI=1S/C11H13FO2.C3H8.C2H6/c1-13-11-3-2-9(12)6-10(11)8-4-5-14-7-8;1-3-2;1-2/h2-3,6,8H,4-5,7H2,1H3;3H2,1-2H3;1-2H3. The summed E-state index contributed by atoms with van der Waals surface area (Å²) in [6, 6.07) is 4.62. The maximum atomic E-state index is 13.0. The van der Waals surface area contributed by atoms with Gasteiger partial charge >= 0.3 is 0 Å². The first-order chi connectivity index (χ1) is 9.22. The minimum atomic E-state index is -0.215. The minimum absolute atomic E-state index is 0.215. The van der Waals surface area contributed by atoms with Gasteiger partial charge < -0.3 is 9.47 Å². The summed E-state index contributed by atoms with van der Waals surface area (Å²) < 4.78 is 23.5. The lowest BCUT2D eigenvalue weighted by molar-refractivity contribution is 0.193. The highest BCUT2D eigenvalue weighted by atomic mass is 19.1. The highest BCUT2D eigenvalue weighted by molar-refractivity contribution is 5.37. The number of hydrogen-bond acceptors (Lipinski definition) is 2. The molecule has 1 aromatic rings. The van der Waals surface area contributed by atoms with E-state index in [4.69, 9.17) is 9.47 Å². The van der Waals surface area contributed by atoms with Crippen molar-refractivity contribution in [3.8, 4) is 5.75 Å². The lowest BCUT2D eigenvalue weighted by Gasteiger charge is -2.12. The molecule has 1 aromatic carbocycles. The van der Waals surface area contributed by atoms with Gasteiger partial charge in [-0.05, 0) is 24.6 Å². The molecule has 1 atom stereocenters. The predicted octanol–water partition coefficient (Wildman–Crippen LogP) is 4.78. The summed E-state index contributed by atoms with van der Waals surface area (Å²) in [5.74, 6) is 0.815. The van der Waals surface area contributed by atoms with Crippen LogP contribution in [0.4, 0.5) is 4.39 Å². The Labute approximate surface area is 116 Å². The van der Waals surface area contributed by atoms with Gasteiger partial charge in [0.15, 0.2) is 0 Å². The molecule has 1 saturated heterocycles. The molecule has 0 aliphatic carbocycles. The Balaban J connectivity index is 0.000000573. The second-order valence-electron chi connectivity index (χ2n) is 4.15. The van der Waals surface area contributed by atoms with Crippen molar-refractivity contribution in [2.45, 2.75) is 46.5 Å². The van der Waals surface area contributed by atoms with Gasteiger partial charge in [0.25, 0.3) is 0 Å². The van der Waals surface area contributed by atoms with Gasteiger partial charge in [-0.3, -0.25) is 0 Å². The van der Waals surface area contributed by atoms with E-state index in [1.54, 1.807) is 13.2 Å². The highest BCUT2D eigenvalue weighted by Crippen LogP contribution is 2.32. The van der Waals surface area contributed by atoms with E-state index in [9.17, 15) is 4.39 Å². The first-order valence-corrected chi connectivity index (χ1v) is 7.14. The molecule has 0 saturated carbocycles. The second-order valence-corrected chi connectivity index (χ2v) is 4.15. The third-order valence-electron chi connectivity index (χ3n) is 2.56. The first kappa shape index (κ1) is 17.9. The maximum absolute atomic E-state index is 13.0. The molecular formula is C16H27FO2. The second kappa shape index (κ2) is 10.8. The van der Waals surface area contributed by atoms with Crippen LogP contribution in [-0.2, 0) is 4.74 Å². The zero-order valence-corrected chi connectivity index (χ0v) is 12.8. The molecule has 1 unspecified atom stereocenters. The quantitative estimate of drug-likeness (QED) is 0.770. The molecule has 1 heterocycles. The van der Waals surface area contributed by atoms with Crippen molar-refractivity contribution < 1.29 is 13.9 Å². The molecule has 0 bridgehead atoms. The Kier molecular flexibility index (Phi) is 10.2. The van der Waals surface area contributed by atoms with Crippen molar-refractivity contribution in [2.24, 2.45) is 0 Å². The van der Waals surface area contributed by atoms with Crippen molar-refractivity contribution in [3.05, 3.63) is 29.6 Å². The van der Waals surface area contributed by atoms with Gasteiger partial charge in [0.2, 0.25) is 0 Å². The molecule has 2 nitrogen and oxygen atoms in total. The van der Waals surface area contributed by atoms with E-state index in [1.165, 1.54) is 18.6 Å². The Morgan fingerprint density at radius 2 is 1.95 bits per heavy atom. The SMILES string of the molecule is CC.CCC.COc1ccc(F)cc1C1CCOC1. The monoisotopic (exact) mass is 270 g/mol. The predicted molar refractivity (Wildman–Crippen MR) is 78.4 cm³/mol. The van der Waals surface area contributed by atoms with Gasteiger partial charge in [-0.25, -0.2) is 4.39 Å². The topological polar surface area (TPSA) is 18.5 Å². The largest absolute Gasteiger partial charge is 0.496 e. The van der Waals surface area contributed by atoms with Crippen molar-refractivity contribution in [3.63, 3.8) is 0 Å². The molecule has 0 amide bonds. The Hall–Kier alpha value is -1.09. The smallest absolute Gasteiger partial charge is 0.123 e. The average molecular weight is 270 g/mol. The fraction of sp³-hybridized carbons (Fsp3) is 0.625. The summed E-state index contributed by atoms with van der Waals surface area (Å²) in [5.41, 5.74) is 0.921. The van der Waals surface area contributed by atoms with Crippen LogP contribution in [0.15, 0.2) is 18.2 Å². The van der Waals surface area contributed by atoms with Crippen LogP contribution in [0.2, 0.25) is 0 Å². The van der Waals surface area contributed by atoms with Gasteiger partial charge in [0.05, 0.1) is 13.7 Å². The molecule has 1 aliphatic rings. The number of ether oxygens (including phenoxy) is 2. The summed E-state index contributed by atoms with van der Waals surface area (Å²) >= 11 is 0. The van der Waals surface area contributed by atoms with E-state index in [2.05, 4.69) is 13.8 Å².